The fraction of sp³-hybridized carbons (Fsp3) is 0.0476. The predicted octanol–water partition coefficient (Wildman–Crippen LogP) is 4.71. The summed E-state index contributed by atoms with van der Waals surface area (Å²) in [5.41, 5.74) is 3.57. The molecule has 29 heavy (non-hydrogen) atoms. The minimum Gasteiger partial charge on any atom is -0.331 e. The van der Waals surface area contributed by atoms with E-state index in [4.69, 9.17) is 12.2 Å². The van der Waals surface area contributed by atoms with E-state index in [0.717, 1.165) is 22.3 Å². The number of anilines is 2. The van der Waals surface area contributed by atoms with Crippen LogP contribution in [0.1, 0.15) is 11.7 Å². The largest absolute Gasteiger partial charge is 0.331 e. The number of rotatable bonds is 3. The second-order valence-corrected chi connectivity index (χ2v) is 7.01. The molecule has 0 saturated heterocycles. The molecule has 7 nitrogen and oxygen atoms in total. The van der Waals surface area contributed by atoms with Crippen molar-refractivity contribution in [3.63, 3.8) is 0 Å². The van der Waals surface area contributed by atoms with Crippen LogP contribution >= 0.6 is 12.2 Å². The maximum atomic E-state index is 11.0. The quantitative estimate of drug-likeness (QED) is 0.304. The van der Waals surface area contributed by atoms with Gasteiger partial charge in [0.25, 0.3) is 5.69 Å². The number of imidazole rings is 1. The van der Waals surface area contributed by atoms with E-state index in [9.17, 15) is 10.1 Å². The van der Waals surface area contributed by atoms with Crippen molar-refractivity contribution in [3.8, 4) is 0 Å². The summed E-state index contributed by atoms with van der Waals surface area (Å²) < 4.78 is 1.92. The first-order valence-corrected chi connectivity index (χ1v) is 9.41. The van der Waals surface area contributed by atoms with Gasteiger partial charge >= 0.3 is 0 Å². The molecule has 4 aromatic rings. The lowest BCUT2D eigenvalue weighted by Gasteiger charge is -2.39. The number of nitrogens with one attached hydrogen (secondary N) is 1. The Labute approximate surface area is 171 Å². The summed E-state index contributed by atoms with van der Waals surface area (Å²) in [6.45, 7) is 0. The summed E-state index contributed by atoms with van der Waals surface area (Å²) in [7, 11) is 0. The van der Waals surface area contributed by atoms with Gasteiger partial charge in [0.2, 0.25) is 5.95 Å². The molecule has 1 N–H and O–H groups in total. The van der Waals surface area contributed by atoms with Crippen LogP contribution < -0.4 is 10.2 Å². The number of nitrogens with zero attached hydrogens (tertiary/aromatic N) is 4. The maximum absolute atomic E-state index is 11.0. The minimum absolute atomic E-state index is 0.0469. The molecule has 0 fully saturated rings. The van der Waals surface area contributed by atoms with Crippen molar-refractivity contribution in [2.75, 3.05) is 10.2 Å². The predicted molar refractivity (Wildman–Crippen MR) is 116 cm³/mol. The SMILES string of the molecule is O=[N+]([O-])c1ccc(C2Nc3nc4ccccc4n3C(=S)N2c2ccccc2)cc1. The highest BCUT2D eigenvalue weighted by atomic mass is 32.1. The highest BCUT2D eigenvalue weighted by molar-refractivity contribution is 7.80. The molecule has 0 aliphatic carbocycles. The second-order valence-electron chi connectivity index (χ2n) is 6.64. The van der Waals surface area contributed by atoms with Crippen molar-refractivity contribution in [3.05, 3.63) is 94.5 Å². The summed E-state index contributed by atoms with van der Waals surface area (Å²) in [5, 5.41) is 15.1. The fourth-order valence-electron chi connectivity index (χ4n) is 3.58. The molecule has 1 aromatic heterocycles. The monoisotopic (exact) mass is 401 g/mol. The smallest absolute Gasteiger partial charge is 0.269 e. The Balaban J connectivity index is 1.68. The first kappa shape index (κ1) is 17.3. The van der Waals surface area contributed by atoms with E-state index in [2.05, 4.69) is 10.3 Å². The fourth-order valence-corrected chi connectivity index (χ4v) is 3.98. The Morgan fingerprint density at radius 2 is 1.66 bits per heavy atom. The van der Waals surface area contributed by atoms with Crippen LogP contribution in [0.15, 0.2) is 78.9 Å². The number of hydrogen-bond donors (Lipinski definition) is 1. The Kier molecular flexibility index (Phi) is 3.99. The van der Waals surface area contributed by atoms with E-state index in [-0.39, 0.29) is 11.9 Å². The van der Waals surface area contributed by atoms with Gasteiger partial charge in [0.15, 0.2) is 5.11 Å². The van der Waals surface area contributed by atoms with Crippen LogP contribution in [-0.2, 0) is 0 Å². The van der Waals surface area contributed by atoms with Gasteiger partial charge in [0, 0.05) is 17.8 Å². The Bertz CT molecular complexity index is 1240. The van der Waals surface area contributed by atoms with Crippen molar-refractivity contribution in [2.45, 2.75) is 6.17 Å². The molecule has 3 aromatic carbocycles. The third-order valence-electron chi connectivity index (χ3n) is 4.94. The summed E-state index contributed by atoms with van der Waals surface area (Å²) >= 11 is 5.89. The molecule has 5 rings (SSSR count). The van der Waals surface area contributed by atoms with Gasteiger partial charge in [0.05, 0.1) is 16.0 Å². The number of benzene rings is 3. The molecular formula is C21H15N5O2S. The van der Waals surface area contributed by atoms with Crippen molar-refractivity contribution < 1.29 is 4.92 Å². The van der Waals surface area contributed by atoms with Crippen LogP contribution in [0.5, 0.6) is 0 Å². The van der Waals surface area contributed by atoms with E-state index >= 15 is 0 Å². The molecule has 0 saturated carbocycles. The summed E-state index contributed by atoms with van der Waals surface area (Å²) in [4.78, 5) is 17.3. The van der Waals surface area contributed by atoms with Crippen molar-refractivity contribution in [1.29, 1.82) is 0 Å². The zero-order valence-corrected chi connectivity index (χ0v) is 15.9. The Morgan fingerprint density at radius 1 is 0.966 bits per heavy atom. The van der Waals surface area contributed by atoms with E-state index in [1.165, 1.54) is 12.1 Å². The molecule has 0 radical (unpaired) electrons. The number of non-ortho nitro benzene ring substituents is 1. The first-order chi connectivity index (χ1) is 14.1. The van der Waals surface area contributed by atoms with E-state index < -0.39 is 4.92 Å². The third kappa shape index (κ3) is 2.81. The van der Waals surface area contributed by atoms with Crippen LogP contribution in [0.4, 0.5) is 17.3 Å². The number of para-hydroxylation sites is 3. The average Bonchev–Trinajstić information content (AvgIpc) is 3.13. The number of thiocarbonyl (C=S) groups is 1. The van der Waals surface area contributed by atoms with E-state index in [1.54, 1.807) is 12.1 Å². The van der Waals surface area contributed by atoms with Gasteiger partial charge in [-0.1, -0.05) is 30.3 Å². The number of aromatic nitrogens is 2. The van der Waals surface area contributed by atoms with Crippen LogP contribution in [0.3, 0.4) is 0 Å². The Hall–Kier alpha value is -3.78. The molecule has 1 aliphatic rings. The lowest BCUT2D eigenvalue weighted by atomic mass is 10.1. The molecule has 0 amide bonds. The molecule has 142 valence electrons. The molecular weight excluding hydrogens is 386 g/mol. The molecule has 1 unspecified atom stereocenters. The molecule has 1 aliphatic heterocycles. The van der Waals surface area contributed by atoms with Gasteiger partial charge in [-0.05, 0) is 54.2 Å². The number of nitro groups is 1. The third-order valence-corrected chi connectivity index (χ3v) is 5.32. The van der Waals surface area contributed by atoms with Gasteiger partial charge in [-0.2, -0.15) is 0 Å². The summed E-state index contributed by atoms with van der Waals surface area (Å²) in [5.74, 6) is 0.645. The van der Waals surface area contributed by atoms with Crippen LogP contribution in [0, 0.1) is 10.1 Å². The van der Waals surface area contributed by atoms with Gasteiger partial charge in [0.1, 0.15) is 6.17 Å². The normalized spacial score (nSPS) is 15.8. The van der Waals surface area contributed by atoms with Crippen LogP contribution in [0.2, 0.25) is 0 Å². The number of hydrogen-bond acceptors (Lipinski definition) is 5. The van der Waals surface area contributed by atoms with E-state index in [1.807, 2.05) is 64.1 Å². The number of nitro benzene ring substituents is 1. The minimum atomic E-state index is -0.406. The van der Waals surface area contributed by atoms with E-state index in [0.29, 0.717) is 11.1 Å². The van der Waals surface area contributed by atoms with Gasteiger partial charge in [-0.25, -0.2) is 4.98 Å². The molecule has 8 heteroatoms. The second kappa shape index (κ2) is 6.68. The zero-order valence-electron chi connectivity index (χ0n) is 15.1. The van der Waals surface area contributed by atoms with Crippen LogP contribution in [0.25, 0.3) is 11.0 Å². The summed E-state index contributed by atoms with van der Waals surface area (Å²) in [6.07, 6.45) is -0.352. The average molecular weight is 401 g/mol. The molecule has 1 atom stereocenters. The first-order valence-electron chi connectivity index (χ1n) is 9.00. The van der Waals surface area contributed by atoms with Gasteiger partial charge < -0.3 is 5.32 Å². The van der Waals surface area contributed by atoms with Gasteiger partial charge in [-0.3, -0.25) is 19.6 Å². The lowest BCUT2D eigenvalue weighted by Crippen LogP contribution is -2.46. The maximum Gasteiger partial charge on any atom is 0.269 e. The van der Waals surface area contributed by atoms with Crippen molar-refractivity contribution >= 4 is 45.7 Å². The van der Waals surface area contributed by atoms with Crippen molar-refractivity contribution in [2.24, 2.45) is 0 Å². The van der Waals surface area contributed by atoms with Crippen LogP contribution in [-0.4, -0.2) is 19.6 Å². The highest BCUT2D eigenvalue weighted by Crippen LogP contribution is 2.36. The van der Waals surface area contributed by atoms with Crippen molar-refractivity contribution in [1.82, 2.24) is 9.55 Å². The highest BCUT2D eigenvalue weighted by Gasteiger charge is 2.33. The standard InChI is InChI=1S/C21H15N5O2S/c27-26(28)16-12-10-14(11-13-16)19-23-20-22-17-8-4-5-9-18(17)25(20)21(29)24(19)15-6-2-1-3-7-15/h1-13,19H,(H,22,23). The molecule has 0 spiro atoms. The lowest BCUT2D eigenvalue weighted by molar-refractivity contribution is -0.384. The summed E-state index contributed by atoms with van der Waals surface area (Å²) in [6, 6.07) is 24.1. The zero-order chi connectivity index (χ0) is 20.0. The molecule has 2 heterocycles. The van der Waals surface area contributed by atoms with Gasteiger partial charge in [-0.15, -0.1) is 0 Å². The Morgan fingerprint density at radius 3 is 2.38 bits per heavy atom. The molecule has 0 bridgehead atoms. The topological polar surface area (TPSA) is 76.2 Å². The number of fused-ring (bicyclic) bond motifs is 3.